The minimum Gasteiger partial charge on any atom is -0.440 e. The Morgan fingerprint density at radius 1 is 1.00 bits per heavy atom. The van der Waals surface area contributed by atoms with Gasteiger partial charge in [0.25, 0.3) is 0 Å². The molecule has 0 radical (unpaired) electrons. The number of pyridine rings is 1. The second kappa shape index (κ2) is 5.67. The summed E-state index contributed by atoms with van der Waals surface area (Å²) in [5.74, 6) is 1.19. The molecule has 4 aromatic rings. The lowest BCUT2D eigenvalue weighted by Crippen LogP contribution is -1.98. The van der Waals surface area contributed by atoms with E-state index in [1.807, 2.05) is 41.7 Å². The van der Waals surface area contributed by atoms with Gasteiger partial charge in [-0.2, -0.15) is 10.5 Å². The lowest BCUT2D eigenvalue weighted by molar-refractivity contribution is 0.458. The molecule has 0 saturated heterocycles. The topological polar surface area (TPSA) is 74.1 Å². The summed E-state index contributed by atoms with van der Waals surface area (Å²) in [4.78, 5) is 4.59. The molecule has 0 atom stereocenters. The predicted molar refractivity (Wildman–Crippen MR) is 93.4 cm³/mol. The van der Waals surface area contributed by atoms with E-state index >= 15 is 0 Å². The van der Waals surface area contributed by atoms with Crippen LogP contribution in [0.1, 0.15) is 16.7 Å². The molecule has 0 aliphatic rings. The van der Waals surface area contributed by atoms with Crippen LogP contribution in [0, 0.1) is 29.6 Å². The average Bonchev–Trinajstić information content (AvgIpc) is 3.02. The zero-order chi connectivity index (χ0) is 17.4. The third-order valence-corrected chi connectivity index (χ3v) is 4.06. The van der Waals surface area contributed by atoms with Crippen molar-refractivity contribution >= 4 is 16.7 Å². The van der Waals surface area contributed by atoms with Gasteiger partial charge in [0.15, 0.2) is 5.65 Å². The lowest BCUT2D eigenvalue weighted by atomic mass is 10.1. The molecular weight excluding hydrogens is 312 g/mol. The first kappa shape index (κ1) is 14.7. The molecule has 0 bridgehead atoms. The van der Waals surface area contributed by atoms with Crippen LogP contribution in [0.3, 0.4) is 0 Å². The standard InChI is InChI=1S/C20H12N4O/c1-13-10-19(25-15-8-6-14(11-21)7-9-15)24-18-5-3-2-4-17(18)23-20(24)16(13)12-22/h2-10H,1H3. The first-order chi connectivity index (χ1) is 12.2. The molecule has 5 nitrogen and oxygen atoms in total. The van der Waals surface area contributed by atoms with Crippen LogP contribution in [-0.4, -0.2) is 9.38 Å². The van der Waals surface area contributed by atoms with Crippen molar-refractivity contribution in [1.82, 2.24) is 9.38 Å². The van der Waals surface area contributed by atoms with E-state index in [1.165, 1.54) is 0 Å². The zero-order valence-corrected chi connectivity index (χ0v) is 13.4. The minimum absolute atomic E-state index is 0.531. The van der Waals surface area contributed by atoms with Crippen LogP contribution in [0.5, 0.6) is 11.6 Å². The van der Waals surface area contributed by atoms with Gasteiger partial charge in [0.2, 0.25) is 5.88 Å². The van der Waals surface area contributed by atoms with Gasteiger partial charge in [-0.1, -0.05) is 12.1 Å². The van der Waals surface area contributed by atoms with Gasteiger partial charge in [0.05, 0.1) is 28.2 Å². The molecule has 4 rings (SSSR count). The van der Waals surface area contributed by atoms with Gasteiger partial charge in [-0.3, -0.25) is 4.40 Å². The molecule has 118 valence electrons. The van der Waals surface area contributed by atoms with Gasteiger partial charge in [-0.05, 0) is 48.9 Å². The fourth-order valence-electron chi connectivity index (χ4n) is 2.85. The number of aromatic nitrogens is 2. The second-order valence-electron chi connectivity index (χ2n) is 5.65. The Labute approximate surface area is 144 Å². The first-order valence-corrected chi connectivity index (χ1v) is 7.70. The normalized spacial score (nSPS) is 10.5. The molecule has 0 amide bonds. The second-order valence-corrected chi connectivity index (χ2v) is 5.65. The molecular formula is C20H12N4O. The van der Waals surface area contributed by atoms with E-state index < -0.39 is 0 Å². The fourth-order valence-corrected chi connectivity index (χ4v) is 2.85. The van der Waals surface area contributed by atoms with E-state index in [0.717, 1.165) is 16.6 Å². The lowest BCUT2D eigenvalue weighted by Gasteiger charge is -2.11. The summed E-state index contributed by atoms with van der Waals surface area (Å²) >= 11 is 0. The number of aryl methyl sites for hydroxylation is 1. The summed E-state index contributed by atoms with van der Waals surface area (Å²) in [6.07, 6.45) is 0. The average molecular weight is 324 g/mol. The highest BCUT2D eigenvalue weighted by molar-refractivity contribution is 5.83. The number of rotatable bonds is 2. The largest absolute Gasteiger partial charge is 0.440 e. The molecule has 2 aromatic heterocycles. The Morgan fingerprint density at radius 2 is 1.76 bits per heavy atom. The Kier molecular flexibility index (Phi) is 3.34. The van der Waals surface area contributed by atoms with Gasteiger partial charge in [-0.15, -0.1) is 0 Å². The van der Waals surface area contributed by atoms with Gasteiger partial charge < -0.3 is 4.74 Å². The van der Waals surface area contributed by atoms with Gasteiger partial charge in [0, 0.05) is 6.07 Å². The number of hydrogen-bond acceptors (Lipinski definition) is 4. The van der Waals surface area contributed by atoms with Crippen LogP contribution in [0.25, 0.3) is 16.7 Å². The van der Waals surface area contributed by atoms with Crippen molar-refractivity contribution < 1.29 is 4.74 Å². The quantitative estimate of drug-likeness (QED) is 0.550. The number of benzene rings is 2. The van der Waals surface area contributed by atoms with Crippen LogP contribution in [-0.2, 0) is 0 Å². The summed E-state index contributed by atoms with van der Waals surface area (Å²) < 4.78 is 7.89. The van der Waals surface area contributed by atoms with Gasteiger partial charge in [0.1, 0.15) is 11.8 Å². The molecule has 5 heteroatoms. The number of nitriles is 2. The molecule has 0 aliphatic carbocycles. The SMILES string of the molecule is Cc1cc(Oc2ccc(C#N)cc2)n2c(nc3ccccc32)c1C#N. The number of hydrogen-bond donors (Lipinski definition) is 0. The Balaban J connectivity index is 1.96. The maximum Gasteiger partial charge on any atom is 0.206 e. The third kappa shape index (κ3) is 2.36. The molecule has 2 heterocycles. The molecule has 0 aliphatic heterocycles. The Hall–Kier alpha value is -3.83. The van der Waals surface area contributed by atoms with Gasteiger partial charge in [-0.25, -0.2) is 4.98 Å². The summed E-state index contributed by atoms with van der Waals surface area (Å²) in [6.45, 7) is 1.86. The monoisotopic (exact) mass is 324 g/mol. The summed E-state index contributed by atoms with van der Waals surface area (Å²) in [5.41, 5.74) is 4.15. The molecule has 0 saturated carbocycles. The highest BCUT2D eigenvalue weighted by Crippen LogP contribution is 2.30. The van der Waals surface area contributed by atoms with Crippen molar-refractivity contribution in [1.29, 1.82) is 10.5 Å². The molecule has 2 aromatic carbocycles. The number of para-hydroxylation sites is 2. The van der Waals surface area contributed by atoms with Crippen molar-refractivity contribution in [2.75, 3.05) is 0 Å². The number of fused-ring (bicyclic) bond motifs is 3. The van der Waals surface area contributed by atoms with E-state index in [9.17, 15) is 5.26 Å². The highest BCUT2D eigenvalue weighted by Gasteiger charge is 2.16. The van der Waals surface area contributed by atoms with E-state index in [0.29, 0.717) is 28.4 Å². The van der Waals surface area contributed by atoms with Crippen molar-refractivity contribution in [3.63, 3.8) is 0 Å². The third-order valence-electron chi connectivity index (χ3n) is 4.06. The smallest absolute Gasteiger partial charge is 0.206 e. The molecule has 0 fully saturated rings. The van der Waals surface area contributed by atoms with Crippen LogP contribution in [0.2, 0.25) is 0 Å². The van der Waals surface area contributed by atoms with Crippen molar-refractivity contribution in [3.05, 3.63) is 71.3 Å². The van der Waals surface area contributed by atoms with Crippen molar-refractivity contribution in [2.45, 2.75) is 6.92 Å². The highest BCUT2D eigenvalue weighted by atomic mass is 16.5. The van der Waals surface area contributed by atoms with Crippen molar-refractivity contribution in [2.24, 2.45) is 0 Å². The summed E-state index contributed by atoms with van der Waals surface area (Å²) in [7, 11) is 0. The number of ether oxygens (including phenoxy) is 1. The molecule has 0 N–H and O–H groups in total. The van der Waals surface area contributed by atoms with Crippen LogP contribution >= 0.6 is 0 Å². The molecule has 0 unspecified atom stereocenters. The predicted octanol–water partition coefficient (Wildman–Crippen LogP) is 4.33. The maximum atomic E-state index is 9.51. The van der Waals surface area contributed by atoms with Crippen LogP contribution in [0.15, 0.2) is 54.6 Å². The fraction of sp³-hybridized carbons (Fsp3) is 0.0500. The van der Waals surface area contributed by atoms with E-state index in [2.05, 4.69) is 17.1 Å². The Morgan fingerprint density at radius 3 is 2.48 bits per heavy atom. The summed E-state index contributed by atoms with van der Waals surface area (Å²) in [5, 5.41) is 18.4. The van der Waals surface area contributed by atoms with E-state index in [4.69, 9.17) is 10.00 Å². The van der Waals surface area contributed by atoms with E-state index in [-0.39, 0.29) is 0 Å². The zero-order valence-electron chi connectivity index (χ0n) is 13.4. The maximum absolute atomic E-state index is 9.51. The first-order valence-electron chi connectivity index (χ1n) is 7.70. The van der Waals surface area contributed by atoms with Gasteiger partial charge >= 0.3 is 0 Å². The van der Waals surface area contributed by atoms with Crippen LogP contribution in [0.4, 0.5) is 0 Å². The molecule has 25 heavy (non-hydrogen) atoms. The number of imidazole rings is 1. The minimum atomic E-state index is 0.531. The number of nitrogens with zero attached hydrogens (tertiary/aromatic N) is 4. The van der Waals surface area contributed by atoms with E-state index in [1.54, 1.807) is 24.3 Å². The Bertz CT molecular complexity index is 1190. The van der Waals surface area contributed by atoms with Crippen LogP contribution < -0.4 is 4.74 Å². The van der Waals surface area contributed by atoms with Crippen molar-refractivity contribution in [3.8, 4) is 23.8 Å². The molecule has 0 spiro atoms. The summed E-state index contributed by atoms with van der Waals surface area (Å²) in [6, 6.07) is 20.7.